The molecule has 3 aromatic rings. The molecule has 4 nitrogen and oxygen atoms in total. The third-order valence-electron chi connectivity index (χ3n) is 4.72. The highest BCUT2D eigenvalue weighted by atomic mass is 35.5. The number of hydrogen-bond donors (Lipinski definition) is 1. The Morgan fingerprint density at radius 2 is 1.88 bits per heavy atom. The van der Waals surface area contributed by atoms with Gasteiger partial charge in [-0.15, -0.1) is 0 Å². The van der Waals surface area contributed by atoms with Gasteiger partial charge < -0.3 is 14.6 Å². The van der Waals surface area contributed by atoms with Gasteiger partial charge in [-0.2, -0.15) is 0 Å². The van der Waals surface area contributed by atoms with Crippen LogP contribution in [0.2, 0.25) is 5.02 Å². The van der Waals surface area contributed by atoms with Crippen LogP contribution >= 0.6 is 11.6 Å². The number of rotatable bonds is 3. The average Bonchev–Trinajstić information content (AvgIpc) is 3.25. The van der Waals surface area contributed by atoms with Crippen LogP contribution in [0.25, 0.3) is 11.0 Å². The molecule has 1 saturated heterocycles. The van der Waals surface area contributed by atoms with Crippen molar-refractivity contribution in [3.05, 3.63) is 58.8 Å². The maximum absolute atomic E-state index is 12.8. The van der Waals surface area contributed by atoms with E-state index >= 15 is 0 Å². The zero-order valence-corrected chi connectivity index (χ0v) is 14.8. The number of amides is 1. The van der Waals surface area contributed by atoms with Crippen LogP contribution < -0.4 is 10.2 Å². The number of nitrogens with one attached hydrogen (secondary N) is 1. The van der Waals surface area contributed by atoms with E-state index in [1.807, 2.05) is 43.3 Å². The smallest absolute Gasteiger partial charge is 0.291 e. The average molecular weight is 355 g/mol. The summed E-state index contributed by atoms with van der Waals surface area (Å²) in [7, 11) is 0. The fourth-order valence-electron chi connectivity index (χ4n) is 3.42. The molecule has 2 aromatic carbocycles. The molecule has 1 aromatic heterocycles. The number of para-hydroxylation sites is 3. The van der Waals surface area contributed by atoms with Crippen LogP contribution in [0.1, 0.15) is 29.0 Å². The van der Waals surface area contributed by atoms with Gasteiger partial charge in [-0.05, 0) is 38.0 Å². The van der Waals surface area contributed by atoms with E-state index in [1.54, 1.807) is 6.07 Å². The van der Waals surface area contributed by atoms with Gasteiger partial charge in [-0.25, -0.2) is 0 Å². The predicted molar refractivity (Wildman–Crippen MR) is 102 cm³/mol. The summed E-state index contributed by atoms with van der Waals surface area (Å²) >= 11 is 6.19. The largest absolute Gasteiger partial charge is 0.449 e. The van der Waals surface area contributed by atoms with Gasteiger partial charge in [0, 0.05) is 24.0 Å². The van der Waals surface area contributed by atoms with Crippen LogP contribution in [-0.2, 0) is 0 Å². The van der Waals surface area contributed by atoms with E-state index in [9.17, 15) is 4.79 Å². The number of carbonyl (C=O) groups is 1. The van der Waals surface area contributed by atoms with Crippen molar-refractivity contribution in [1.29, 1.82) is 0 Å². The first kappa shape index (κ1) is 16.0. The SMILES string of the molecule is Cc1c(C(=O)Nc2ccccc2N2CCCC2)oc2c(Cl)cccc12. The van der Waals surface area contributed by atoms with E-state index in [0.717, 1.165) is 35.4 Å². The zero-order valence-electron chi connectivity index (χ0n) is 14.0. The maximum Gasteiger partial charge on any atom is 0.291 e. The summed E-state index contributed by atoms with van der Waals surface area (Å²) in [5.74, 6) is 0.0516. The van der Waals surface area contributed by atoms with Crippen molar-refractivity contribution in [1.82, 2.24) is 0 Å². The van der Waals surface area contributed by atoms with Gasteiger partial charge in [0.25, 0.3) is 5.91 Å². The fraction of sp³-hybridized carbons (Fsp3) is 0.250. The van der Waals surface area contributed by atoms with Crippen molar-refractivity contribution in [2.24, 2.45) is 0 Å². The minimum absolute atomic E-state index is 0.253. The van der Waals surface area contributed by atoms with Gasteiger partial charge in [0.15, 0.2) is 11.3 Å². The lowest BCUT2D eigenvalue weighted by Crippen LogP contribution is -2.21. The monoisotopic (exact) mass is 354 g/mol. The third kappa shape index (κ3) is 2.87. The Balaban J connectivity index is 1.67. The standard InChI is InChI=1S/C20H19ClN2O2/c1-13-14-7-6-8-15(21)19(14)25-18(13)20(24)22-16-9-2-3-10-17(16)23-11-4-5-12-23/h2-3,6-10H,4-5,11-12H2,1H3,(H,22,24). The highest BCUT2D eigenvalue weighted by Gasteiger charge is 2.21. The van der Waals surface area contributed by atoms with E-state index in [1.165, 1.54) is 12.8 Å². The predicted octanol–water partition coefficient (Wildman–Crippen LogP) is 5.25. The van der Waals surface area contributed by atoms with Crippen molar-refractivity contribution in [2.45, 2.75) is 19.8 Å². The zero-order chi connectivity index (χ0) is 17.4. The van der Waals surface area contributed by atoms with Crippen LogP contribution in [0.3, 0.4) is 0 Å². The summed E-state index contributed by atoms with van der Waals surface area (Å²) in [5.41, 5.74) is 3.22. The van der Waals surface area contributed by atoms with Gasteiger partial charge in [0.05, 0.1) is 16.4 Å². The first-order valence-electron chi connectivity index (χ1n) is 8.48. The second kappa shape index (κ2) is 6.45. The van der Waals surface area contributed by atoms with Crippen molar-refractivity contribution in [2.75, 3.05) is 23.3 Å². The highest BCUT2D eigenvalue weighted by molar-refractivity contribution is 6.35. The Hall–Kier alpha value is -2.46. The molecule has 0 bridgehead atoms. The summed E-state index contributed by atoms with van der Waals surface area (Å²) in [4.78, 5) is 15.1. The Labute approximate surface area is 151 Å². The van der Waals surface area contributed by atoms with Crippen molar-refractivity contribution >= 4 is 39.9 Å². The molecule has 128 valence electrons. The molecule has 0 atom stereocenters. The molecule has 4 rings (SSSR count). The van der Waals surface area contributed by atoms with Crippen LogP contribution in [0.4, 0.5) is 11.4 Å². The van der Waals surface area contributed by atoms with Gasteiger partial charge in [-0.3, -0.25) is 4.79 Å². The molecule has 0 radical (unpaired) electrons. The Bertz CT molecular complexity index is 942. The number of halogens is 1. The molecule has 0 saturated carbocycles. The summed E-state index contributed by atoms with van der Waals surface area (Å²) < 4.78 is 5.77. The summed E-state index contributed by atoms with van der Waals surface area (Å²) in [6, 6.07) is 13.4. The first-order valence-corrected chi connectivity index (χ1v) is 8.86. The topological polar surface area (TPSA) is 45.5 Å². The number of benzene rings is 2. The van der Waals surface area contributed by atoms with Crippen molar-refractivity contribution < 1.29 is 9.21 Å². The lowest BCUT2D eigenvalue weighted by atomic mass is 10.1. The Morgan fingerprint density at radius 3 is 2.64 bits per heavy atom. The minimum Gasteiger partial charge on any atom is -0.449 e. The summed E-state index contributed by atoms with van der Waals surface area (Å²) in [6.45, 7) is 3.92. The quantitative estimate of drug-likeness (QED) is 0.699. The number of carbonyl (C=O) groups excluding carboxylic acids is 1. The summed E-state index contributed by atoms with van der Waals surface area (Å²) in [5, 5.41) is 4.38. The molecule has 1 amide bonds. The van der Waals surface area contributed by atoms with Crippen molar-refractivity contribution in [3.63, 3.8) is 0 Å². The molecule has 1 N–H and O–H groups in total. The lowest BCUT2D eigenvalue weighted by molar-refractivity contribution is 0.0998. The number of aryl methyl sites for hydroxylation is 1. The first-order chi connectivity index (χ1) is 12.1. The van der Waals surface area contributed by atoms with Crippen LogP contribution in [0.15, 0.2) is 46.9 Å². The van der Waals surface area contributed by atoms with Gasteiger partial charge in [0.2, 0.25) is 0 Å². The molecule has 1 fully saturated rings. The van der Waals surface area contributed by atoms with E-state index in [0.29, 0.717) is 16.4 Å². The Kier molecular flexibility index (Phi) is 4.14. The molecule has 0 spiro atoms. The Morgan fingerprint density at radius 1 is 1.12 bits per heavy atom. The maximum atomic E-state index is 12.8. The normalized spacial score (nSPS) is 14.2. The molecule has 25 heavy (non-hydrogen) atoms. The fourth-order valence-corrected chi connectivity index (χ4v) is 3.63. The number of furan rings is 1. The van der Waals surface area contributed by atoms with Crippen LogP contribution in [-0.4, -0.2) is 19.0 Å². The molecule has 1 aliphatic heterocycles. The third-order valence-corrected chi connectivity index (χ3v) is 5.02. The van der Waals surface area contributed by atoms with Gasteiger partial charge >= 0.3 is 0 Å². The molecular formula is C20H19ClN2O2. The van der Waals surface area contributed by atoms with Gasteiger partial charge in [0.1, 0.15) is 0 Å². The molecule has 5 heteroatoms. The number of hydrogen-bond acceptors (Lipinski definition) is 3. The van der Waals surface area contributed by atoms with Crippen LogP contribution in [0, 0.1) is 6.92 Å². The molecular weight excluding hydrogens is 336 g/mol. The number of nitrogens with zero attached hydrogens (tertiary/aromatic N) is 1. The highest BCUT2D eigenvalue weighted by Crippen LogP contribution is 2.33. The van der Waals surface area contributed by atoms with E-state index in [-0.39, 0.29) is 5.91 Å². The minimum atomic E-state index is -0.253. The van der Waals surface area contributed by atoms with Crippen LogP contribution in [0.5, 0.6) is 0 Å². The van der Waals surface area contributed by atoms with E-state index in [2.05, 4.69) is 10.2 Å². The second-order valence-corrected chi connectivity index (χ2v) is 6.75. The molecule has 1 aliphatic rings. The van der Waals surface area contributed by atoms with Crippen molar-refractivity contribution in [3.8, 4) is 0 Å². The number of anilines is 2. The summed E-state index contributed by atoms with van der Waals surface area (Å²) in [6.07, 6.45) is 2.37. The van der Waals surface area contributed by atoms with E-state index in [4.69, 9.17) is 16.0 Å². The second-order valence-electron chi connectivity index (χ2n) is 6.34. The van der Waals surface area contributed by atoms with E-state index < -0.39 is 0 Å². The van der Waals surface area contributed by atoms with Gasteiger partial charge in [-0.1, -0.05) is 35.9 Å². The lowest BCUT2D eigenvalue weighted by Gasteiger charge is -2.21. The molecule has 2 heterocycles. The molecule has 0 unspecified atom stereocenters. The number of fused-ring (bicyclic) bond motifs is 1. The molecule has 0 aliphatic carbocycles.